The number of aryl methyl sites for hydroxylation is 1. The van der Waals surface area contributed by atoms with Gasteiger partial charge in [0.15, 0.2) is 0 Å². The Morgan fingerprint density at radius 1 is 0.900 bits per heavy atom. The molecule has 3 heteroatoms. The van der Waals surface area contributed by atoms with Crippen molar-refractivity contribution in [3.05, 3.63) is 11.9 Å². The van der Waals surface area contributed by atoms with E-state index in [0.717, 1.165) is 0 Å². The van der Waals surface area contributed by atoms with E-state index in [2.05, 4.69) is 32.7 Å². The molecular formula is C17H34N2P+. The van der Waals surface area contributed by atoms with Crippen molar-refractivity contribution in [3.8, 4) is 0 Å². The van der Waals surface area contributed by atoms with Crippen LogP contribution < -0.4 is 5.57 Å². The lowest BCUT2D eigenvalue weighted by Gasteiger charge is -2.25. The lowest BCUT2D eigenvalue weighted by Crippen LogP contribution is -2.24. The van der Waals surface area contributed by atoms with E-state index in [9.17, 15) is 0 Å². The van der Waals surface area contributed by atoms with E-state index in [4.69, 9.17) is 4.98 Å². The molecule has 1 N–H and O–H groups in total. The maximum absolute atomic E-state index is 4.77. The summed E-state index contributed by atoms with van der Waals surface area (Å²) in [5.74, 6) is 0. The lowest BCUT2D eigenvalue weighted by molar-refractivity contribution is 0.767. The van der Waals surface area contributed by atoms with Gasteiger partial charge in [0.1, 0.15) is 0 Å². The van der Waals surface area contributed by atoms with Crippen molar-refractivity contribution in [2.24, 2.45) is 0 Å². The topological polar surface area (TPSA) is 28.7 Å². The van der Waals surface area contributed by atoms with Gasteiger partial charge in [0.2, 0.25) is 0 Å². The fourth-order valence-electron chi connectivity index (χ4n) is 2.88. The van der Waals surface area contributed by atoms with Gasteiger partial charge >= 0.3 is 0 Å². The highest BCUT2D eigenvalue weighted by Gasteiger charge is 2.41. The molecule has 0 saturated carbocycles. The third kappa shape index (κ3) is 5.20. The van der Waals surface area contributed by atoms with Gasteiger partial charge in [-0.05, 0) is 26.2 Å². The molecule has 0 atom stereocenters. The van der Waals surface area contributed by atoms with Crippen LogP contribution in [0.5, 0.6) is 0 Å². The quantitative estimate of drug-likeness (QED) is 0.444. The van der Waals surface area contributed by atoms with Crippen LogP contribution in [0.4, 0.5) is 0 Å². The Kier molecular flexibility index (Phi) is 8.45. The summed E-state index contributed by atoms with van der Waals surface area (Å²) in [6.07, 6.45) is 15.7. The van der Waals surface area contributed by atoms with Gasteiger partial charge in [-0.1, -0.05) is 46.5 Å². The first-order chi connectivity index (χ1) is 9.68. The summed E-state index contributed by atoms with van der Waals surface area (Å²) < 4.78 is 0. The SMILES string of the molecule is CCCCC[P+](CCCC)(CCCC)c1ncc(C)[nH]1. The molecule has 0 spiro atoms. The minimum atomic E-state index is -1.06. The van der Waals surface area contributed by atoms with E-state index in [-0.39, 0.29) is 0 Å². The second kappa shape index (κ2) is 9.55. The Hall–Kier alpha value is -0.360. The van der Waals surface area contributed by atoms with Gasteiger partial charge in [-0.3, -0.25) is 0 Å². The number of nitrogens with zero attached hydrogens (tertiary/aromatic N) is 1. The van der Waals surface area contributed by atoms with Gasteiger partial charge < -0.3 is 4.98 Å². The molecule has 1 heterocycles. The van der Waals surface area contributed by atoms with Crippen LogP contribution in [0.2, 0.25) is 0 Å². The molecular weight excluding hydrogens is 263 g/mol. The molecule has 0 saturated heterocycles. The number of hydrogen-bond acceptors (Lipinski definition) is 1. The lowest BCUT2D eigenvalue weighted by atomic mass is 10.3. The fraction of sp³-hybridized carbons (Fsp3) is 0.824. The number of H-pyrrole nitrogens is 1. The van der Waals surface area contributed by atoms with E-state index >= 15 is 0 Å². The Morgan fingerprint density at radius 2 is 1.45 bits per heavy atom. The van der Waals surface area contributed by atoms with E-state index in [1.807, 2.05) is 6.20 Å². The zero-order valence-electron chi connectivity index (χ0n) is 14.0. The molecule has 0 fully saturated rings. The molecule has 0 aliphatic heterocycles. The zero-order chi connectivity index (χ0) is 14.8. The van der Waals surface area contributed by atoms with Crippen molar-refractivity contribution >= 4 is 12.8 Å². The largest absolute Gasteiger partial charge is 0.313 e. The van der Waals surface area contributed by atoms with Crippen molar-refractivity contribution in [3.63, 3.8) is 0 Å². The molecule has 2 nitrogen and oxygen atoms in total. The van der Waals surface area contributed by atoms with Gasteiger partial charge in [-0.25, -0.2) is 4.98 Å². The van der Waals surface area contributed by atoms with E-state index in [0.29, 0.717) is 0 Å². The Labute approximate surface area is 126 Å². The van der Waals surface area contributed by atoms with Crippen LogP contribution in [-0.2, 0) is 0 Å². The van der Waals surface area contributed by atoms with E-state index < -0.39 is 7.26 Å². The molecule has 116 valence electrons. The maximum Gasteiger partial charge on any atom is 0.254 e. The summed E-state index contributed by atoms with van der Waals surface area (Å²) in [7, 11) is -1.06. The average molecular weight is 297 g/mol. The molecule has 0 amide bonds. The van der Waals surface area contributed by atoms with Crippen molar-refractivity contribution in [2.45, 2.75) is 72.6 Å². The number of hydrogen-bond donors (Lipinski definition) is 1. The molecule has 0 aliphatic carbocycles. The maximum atomic E-state index is 4.77. The Balaban J connectivity index is 2.90. The molecule has 1 rings (SSSR count). The second-order valence-corrected chi connectivity index (χ2v) is 10.2. The summed E-state index contributed by atoms with van der Waals surface area (Å²) in [4.78, 5) is 8.37. The molecule has 0 bridgehead atoms. The minimum Gasteiger partial charge on any atom is -0.313 e. The van der Waals surface area contributed by atoms with Gasteiger partial charge in [-0.15, -0.1) is 0 Å². The van der Waals surface area contributed by atoms with Crippen molar-refractivity contribution in [1.82, 2.24) is 9.97 Å². The number of imidazole rings is 1. The van der Waals surface area contributed by atoms with Gasteiger partial charge in [0.05, 0.1) is 31.9 Å². The first kappa shape index (κ1) is 17.7. The highest BCUT2D eigenvalue weighted by Crippen LogP contribution is 2.58. The highest BCUT2D eigenvalue weighted by molar-refractivity contribution is 7.82. The molecule has 1 aromatic rings. The highest BCUT2D eigenvalue weighted by atomic mass is 31.2. The summed E-state index contributed by atoms with van der Waals surface area (Å²) in [6, 6.07) is 0. The fourth-order valence-corrected chi connectivity index (χ4v) is 7.57. The van der Waals surface area contributed by atoms with E-state index in [1.54, 1.807) is 0 Å². The molecule has 0 aromatic carbocycles. The van der Waals surface area contributed by atoms with Crippen LogP contribution in [0.3, 0.4) is 0 Å². The minimum absolute atomic E-state index is 1.06. The summed E-state index contributed by atoms with van der Waals surface area (Å²) in [6.45, 7) is 9.06. The normalized spacial score (nSPS) is 12.0. The number of unbranched alkanes of at least 4 members (excludes halogenated alkanes) is 4. The first-order valence-corrected chi connectivity index (χ1v) is 10.9. The van der Waals surface area contributed by atoms with Crippen LogP contribution in [0, 0.1) is 6.92 Å². The summed E-state index contributed by atoms with van der Waals surface area (Å²) >= 11 is 0. The molecule has 1 aromatic heterocycles. The average Bonchev–Trinajstić information content (AvgIpc) is 2.89. The van der Waals surface area contributed by atoms with Crippen molar-refractivity contribution < 1.29 is 0 Å². The Bertz CT molecular complexity index is 352. The number of aromatic nitrogens is 2. The molecule has 0 radical (unpaired) electrons. The Morgan fingerprint density at radius 3 is 1.90 bits per heavy atom. The third-order valence-corrected chi connectivity index (χ3v) is 8.85. The van der Waals surface area contributed by atoms with E-state index in [1.165, 1.54) is 74.7 Å². The van der Waals surface area contributed by atoms with Crippen LogP contribution in [0.1, 0.15) is 71.4 Å². The summed E-state index contributed by atoms with van der Waals surface area (Å²) in [5, 5.41) is 0. The van der Waals surface area contributed by atoms with Crippen LogP contribution >= 0.6 is 7.26 Å². The van der Waals surface area contributed by atoms with Crippen LogP contribution in [0.25, 0.3) is 0 Å². The molecule has 0 unspecified atom stereocenters. The van der Waals surface area contributed by atoms with Gasteiger partial charge in [0, 0.05) is 5.69 Å². The monoisotopic (exact) mass is 297 g/mol. The standard InChI is InChI=1S/C17H34N2P/c1-5-8-11-14-20(12-9-6-2,13-10-7-3)17-18-15-16(4)19-17/h15H,5-14H2,1-4H3,(H,18,19)/q+1. The third-order valence-electron chi connectivity index (χ3n) is 4.21. The number of rotatable bonds is 11. The van der Waals surface area contributed by atoms with Crippen molar-refractivity contribution in [2.75, 3.05) is 18.5 Å². The molecule has 0 aliphatic rings. The molecule has 20 heavy (non-hydrogen) atoms. The predicted octanol–water partition coefficient (Wildman–Crippen LogP) is 5.15. The van der Waals surface area contributed by atoms with Crippen molar-refractivity contribution in [1.29, 1.82) is 0 Å². The number of aromatic amines is 1. The number of nitrogens with one attached hydrogen (secondary N) is 1. The predicted molar refractivity (Wildman–Crippen MR) is 93.8 cm³/mol. The zero-order valence-corrected chi connectivity index (χ0v) is 14.9. The van der Waals surface area contributed by atoms with Gasteiger partial charge in [-0.2, -0.15) is 0 Å². The van der Waals surface area contributed by atoms with Gasteiger partial charge in [0.25, 0.3) is 5.57 Å². The van der Waals surface area contributed by atoms with Crippen LogP contribution in [-0.4, -0.2) is 28.5 Å². The van der Waals surface area contributed by atoms with Crippen LogP contribution in [0.15, 0.2) is 6.20 Å². The smallest absolute Gasteiger partial charge is 0.254 e. The first-order valence-electron chi connectivity index (χ1n) is 8.56. The second-order valence-electron chi connectivity index (χ2n) is 6.12. The summed E-state index contributed by atoms with van der Waals surface area (Å²) in [5.41, 5.74) is 2.60.